The molecule has 0 heterocycles. The zero-order valence-electron chi connectivity index (χ0n) is 16.1. The Morgan fingerprint density at radius 1 is 0.933 bits per heavy atom. The fraction of sp³-hybridized carbons (Fsp3) is 0.136. The third-order valence-corrected chi connectivity index (χ3v) is 5.91. The lowest BCUT2D eigenvalue weighted by Gasteiger charge is -2.19. The van der Waals surface area contributed by atoms with E-state index >= 15 is 0 Å². The highest BCUT2D eigenvalue weighted by atomic mass is 32.2. The summed E-state index contributed by atoms with van der Waals surface area (Å²) in [6.07, 6.45) is -0.00616. The van der Waals surface area contributed by atoms with Crippen molar-refractivity contribution in [1.29, 1.82) is 0 Å². The van der Waals surface area contributed by atoms with Gasteiger partial charge in [-0.05, 0) is 48.7 Å². The molecule has 0 aliphatic rings. The molecule has 8 heteroatoms. The van der Waals surface area contributed by atoms with Gasteiger partial charge in [0.2, 0.25) is 15.9 Å². The van der Waals surface area contributed by atoms with Crippen LogP contribution in [0, 0.1) is 18.6 Å². The van der Waals surface area contributed by atoms with Crippen LogP contribution in [-0.2, 0) is 21.2 Å². The summed E-state index contributed by atoms with van der Waals surface area (Å²) in [5.74, 6) is -2.35. The van der Waals surface area contributed by atoms with Gasteiger partial charge in [-0.15, -0.1) is 0 Å². The van der Waals surface area contributed by atoms with Crippen molar-refractivity contribution in [2.24, 2.45) is 0 Å². The van der Waals surface area contributed by atoms with Crippen molar-refractivity contribution in [2.45, 2.75) is 24.3 Å². The Kier molecular flexibility index (Phi) is 6.59. The van der Waals surface area contributed by atoms with Gasteiger partial charge in [0.15, 0.2) is 0 Å². The number of carbonyl (C=O) groups is 1. The second-order valence-corrected chi connectivity index (χ2v) is 8.45. The van der Waals surface area contributed by atoms with Gasteiger partial charge >= 0.3 is 0 Å². The van der Waals surface area contributed by atoms with E-state index in [1.54, 1.807) is 43.3 Å². The van der Waals surface area contributed by atoms with Crippen LogP contribution >= 0.6 is 0 Å². The molecule has 1 atom stereocenters. The molecule has 3 rings (SSSR count). The van der Waals surface area contributed by atoms with Crippen LogP contribution < -0.4 is 10.0 Å². The Morgan fingerprint density at radius 2 is 1.60 bits per heavy atom. The number of carbonyl (C=O) groups excluding carboxylic acids is 1. The molecule has 5 nitrogen and oxygen atoms in total. The fourth-order valence-corrected chi connectivity index (χ4v) is 4.18. The van der Waals surface area contributed by atoms with Gasteiger partial charge in [-0.25, -0.2) is 17.2 Å². The van der Waals surface area contributed by atoms with Crippen LogP contribution in [-0.4, -0.2) is 20.4 Å². The van der Waals surface area contributed by atoms with Crippen LogP contribution in [0.2, 0.25) is 0 Å². The van der Waals surface area contributed by atoms with Crippen molar-refractivity contribution in [3.63, 3.8) is 0 Å². The molecule has 2 N–H and O–H groups in total. The highest BCUT2D eigenvalue weighted by Crippen LogP contribution is 2.18. The van der Waals surface area contributed by atoms with Crippen LogP contribution in [0.5, 0.6) is 0 Å². The first-order valence-corrected chi connectivity index (χ1v) is 10.6. The number of anilines is 1. The highest BCUT2D eigenvalue weighted by molar-refractivity contribution is 7.89. The van der Waals surface area contributed by atoms with Crippen LogP contribution in [0.1, 0.15) is 11.1 Å². The Morgan fingerprint density at radius 3 is 2.30 bits per heavy atom. The summed E-state index contributed by atoms with van der Waals surface area (Å²) in [5.41, 5.74) is 1.33. The standard InChI is InChI=1S/C22H20F2N2O3S/c1-15-11-12-17(23)19(13-15)25-22(27)20(14-16-7-3-2-4-8-16)26-30(28,29)21-10-6-5-9-18(21)24/h2-13,20,26H,14H2,1H3,(H,25,27)/t20-/m0/s1. The molecule has 0 saturated heterocycles. The molecule has 0 radical (unpaired) electrons. The average Bonchev–Trinajstić information content (AvgIpc) is 2.71. The third-order valence-electron chi connectivity index (χ3n) is 4.40. The fourth-order valence-electron chi connectivity index (χ4n) is 2.91. The molecule has 30 heavy (non-hydrogen) atoms. The zero-order valence-corrected chi connectivity index (χ0v) is 16.9. The van der Waals surface area contributed by atoms with Gasteiger partial charge in [0.25, 0.3) is 0 Å². The maximum atomic E-state index is 14.1. The van der Waals surface area contributed by atoms with E-state index in [-0.39, 0.29) is 12.1 Å². The Labute approximate surface area is 173 Å². The van der Waals surface area contributed by atoms with E-state index < -0.39 is 38.5 Å². The number of halogens is 2. The lowest BCUT2D eigenvalue weighted by atomic mass is 10.1. The van der Waals surface area contributed by atoms with Crippen molar-refractivity contribution in [2.75, 3.05) is 5.32 Å². The SMILES string of the molecule is Cc1ccc(F)c(NC(=O)[C@H](Cc2ccccc2)NS(=O)(=O)c2ccccc2F)c1. The summed E-state index contributed by atoms with van der Waals surface area (Å²) in [6.45, 7) is 1.73. The van der Waals surface area contributed by atoms with Gasteiger partial charge in [-0.1, -0.05) is 48.5 Å². The lowest BCUT2D eigenvalue weighted by Crippen LogP contribution is -2.45. The van der Waals surface area contributed by atoms with E-state index in [1.165, 1.54) is 24.3 Å². The number of nitrogens with one attached hydrogen (secondary N) is 2. The Hall–Kier alpha value is -3.10. The molecule has 0 aliphatic heterocycles. The molecule has 3 aromatic carbocycles. The van der Waals surface area contributed by atoms with Gasteiger partial charge in [0.1, 0.15) is 22.6 Å². The number of hydrogen-bond donors (Lipinski definition) is 2. The van der Waals surface area contributed by atoms with Crippen molar-refractivity contribution >= 4 is 21.6 Å². The number of hydrogen-bond acceptors (Lipinski definition) is 3. The molecule has 0 spiro atoms. The minimum Gasteiger partial charge on any atom is -0.322 e. The van der Waals surface area contributed by atoms with Gasteiger partial charge in [-0.3, -0.25) is 4.79 Å². The summed E-state index contributed by atoms with van der Waals surface area (Å²) >= 11 is 0. The van der Waals surface area contributed by atoms with Gasteiger partial charge in [-0.2, -0.15) is 4.72 Å². The summed E-state index contributed by atoms with van der Waals surface area (Å²) in [5, 5.41) is 2.43. The molecule has 0 fully saturated rings. The average molecular weight is 430 g/mol. The van der Waals surface area contributed by atoms with Gasteiger partial charge in [0.05, 0.1) is 5.69 Å². The predicted molar refractivity (Wildman–Crippen MR) is 110 cm³/mol. The number of benzene rings is 3. The second kappa shape index (κ2) is 9.15. The largest absolute Gasteiger partial charge is 0.322 e. The van der Waals surface area contributed by atoms with Gasteiger partial charge in [0, 0.05) is 0 Å². The second-order valence-electron chi connectivity index (χ2n) is 6.77. The summed E-state index contributed by atoms with van der Waals surface area (Å²) in [7, 11) is -4.35. The molecule has 0 bridgehead atoms. The van der Waals surface area contributed by atoms with E-state index in [4.69, 9.17) is 0 Å². The summed E-state index contributed by atoms with van der Waals surface area (Å²) in [4.78, 5) is 12.3. The molecule has 156 valence electrons. The molecule has 3 aromatic rings. The van der Waals surface area contributed by atoms with Crippen LogP contribution in [0.25, 0.3) is 0 Å². The molecular formula is C22H20F2N2O3S. The maximum absolute atomic E-state index is 14.1. The van der Waals surface area contributed by atoms with Crippen molar-refractivity contribution in [1.82, 2.24) is 4.72 Å². The highest BCUT2D eigenvalue weighted by Gasteiger charge is 2.28. The number of aryl methyl sites for hydroxylation is 1. The lowest BCUT2D eigenvalue weighted by molar-refractivity contribution is -0.117. The zero-order chi connectivity index (χ0) is 21.7. The van der Waals surface area contributed by atoms with E-state index in [9.17, 15) is 22.0 Å². The molecule has 0 unspecified atom stereocenters. The summed E-state index contributed by atoms with van der Waals surface area (Å²) < 4.78 is 55.8. The molecular weight excluding hydrogens is 410 g/mol. The number of sulfonamides is 1. The molecule has 0 saturated carbocycles. The summed E-state index contributed by atoms with van der Waals surface area (Å²) in [6, 6.07) is 16.5. The smallest absolute Gasteiger partial charge is 0.244 e. The van der Waals surface area contributed by atoms with Crippen LogP contribution in [0.15, 0.2) is 77.7 Å². The van der Waals surface area contributed by atoms with E-state index in [0.717, 1.165) is 17.7 Å². The van der Waals surface area contributed by atoms with E-state index in [1.807, 2.05) is 0 Å². The van der Waals surface area contributed by atoms with Crippen molar-refractivity contribution in [3.8, 4) is 0 Å². The first-order valence-electron chi connectivity index (χ1n) is 9.14. The van der Waals surface area contributed by atoms with E-state index in [0.29, 0.717) is 5.56 Å². The first kappa shape index (κ1) is 21.6. The maximum Gasteiger partial charge on any atom is 0.244 e. The minimum atomic E-state index is -4.35. The predicted octanol–water partition coefficient (Wildman–Crippen LogP) is 3.80. The van der Waals surface area contributed by atoms with Crippen molar-refractivity contribution < 1.29 is 22.0 Å². The Balaban J connectivity index is 1.91. The quantitative estimate of drug-likeness (QED) is 0.599. The topological polar surface area (TPSA) is 75.3 Å². The normalized spacial score (nSPS) is 12.4. The van der Waals surface area contributed by atoms with Crippen LogP contribution in [0.4, 0.5) is 14.5 Å². The molecule has 1 amide bonds. The monoisotopic (exact) mass is 430 g/mol. The number of rotatable bonds is 7. The van der Waals surface area contributed by atoms with Crippen molar-refractivity contribution in [3.05, 3.63) is 95.6 Å². The molecule has 0 aromatic heterocycles. The minimum absolute atomic E-state index is 0.00616. The molecule has 0 aliphatic carbocycles. The van der Waals surface area contributed by atoms with E-state index in [2.05, 4.69) is 10.0 Å². The first-order chi connectivity index (χ1) is 14.3. The number of amides is 1. The third kappa shape index (κ3) is 5.28. The Bertz CT molecular complexity index is 1150. The van der Waals surface area contributed by atoms with Gasteiger partial charge < -0.3 is 5.32 Å². The van der Waals surface area contributed by atoms with Crippen LogP contribution in [0.3, 0.4) is 0 Å².